The Morgan fingerprint density at radius 3 is 2.56 bits per heavy atom. The molecule has 0 amide bonds. The summed E-state index contributed by atoms with van der Waals surface area (Å²) in [6.45, 7) is 2.05. The molecule has 0 fully saturated rings. The SMILES string of the molecule is COc1ccc(Br)cc1/C=C1\Oc2cc(OCc3ccc([N+](=O)[O-])cc3)cc(C)c2C1=O. The van der Waals surface area contributed by atoms with Crippen LogP contribution in [0.3, 0.4) is 0 Å². The Labute approximate surface area is 192 Å². The van der Waals surface area contributed by atoms with Crippen molar-refractivity contribution in [1.29, 1.82) is 0 Å². The topological polar surface area (TPSA) is 87.9 Å². The molecular formula is C24H18BrNO6. The summed E-state index contributed by atoms with van der Waals surface area (Å²) in [6.07, 6.45) is 1.66. The van der Waals surface area contributed by atoms with Crippen molar-refractivity contribution < 1.29 is 23.9 Å². The molecule has 3 aromatic carbocycles. The molecule has 1 heterocycles. The lowest BCUT2D eigenvalue weighted by Gasteiger charge is -2.09. The van der Waals surface area contributed by atoms with Gasteiger partial charge in [0.1, 0.15) is 23.9 Å². The molecule has 8 heteroatoms. The molecule has 7 nitrogen and oxygen atoms in total. The number of non-ortho nitro benzene ring substituents is 1. The Kier molecular flexibility index (Phi) is 5.96. The summed E-state index contributed by atoms with van der Waals surface area (Å²) >= 11 is 3.43. The van der Waals surface area contributed by atoms with Gasteiger partial charge in [0, 0.05) is 28.2 Å². The number of nitrogens with zero attached hydrogens (tertiary/aromatic N) is 1. The minimum Gasteiger partial charge on any atom is -0.496 e. The molecule has 0 N–H and O–H groups in total. The predicted octanol–water partition coefficient (Wildman–Crippen LogP) is 5.87. The maximum Gasteiger partial charge on any atom is 0.269 e. The summed E-state index contributed by atoms with van der Waals surface area (Å²) < 4.78 is 17.9. The van der Waals surface area contributed by atoms with Crippen LogP contribution in [0.15, 0.2) is 64.8 Å². The number of aryl methyl sites for hydroxylation is 1. The van der Waals surface area contributed by atoms with Crippen molar-refractivity contribution in [2.24, 2.45) is 0 Å². The lowest BCUT2D eigenvalue weighted by molar-refractivity contribution is -0.384. The molecule has 162 valence electrons. The molecule has 0 saturated heterocycles. The van der Waals surface area contributed by atoms with Crippen molar-refractivity contribution in [3.8, 4) is 17.2 Å². The molecule has 0 radical (unpaired) electrons. The second-order valence-corrected chi connectivity index (χ2v) is 8.07. The second-order valence-electron chi connectivity index (χ2n) is 7.15. The van der Waals surface area contributed by atoms with E-state index in [1.807, 2.05) is 19.1 Å². The van der Waals surface area contributed by atoms with E-state index < -0.39 is 4.92 Å². The highest BCUT2D eigenvalue weighted by Gasteiger charge is 2.30. The zero-order valence-electron chi connectivity index (χ0n) is 17.3. The van der Waals surface area contributed by atoms with E-state index in [2.05, 4.69) is 15.9 Å². The zero-order chi connectivity index (χ0) is 22.8. The van der Waals surface area contributed by atoms with Crippen molar-refractivity contribution in [3.05, 3.63) is 97.2 Å². The summed E-state index contributed by atoms with van der Waals surface area (Å²) in [7, 11) is 1.57. The highest BCUT2D eigenvalue weighted by molar-refractivity contribution is 9.10. The normalized spacial score (nSPS) is 13.6. The molecule has 0 aliphatic carbocycles. The standard InChI is InChI=1S/C24H18BrNO6/c1-14-9-19(31-13-15-3-6-18(7-4-15)26(28)29)12-21-23(14)24(27)22(32-21)11-16-10-17(25)5-8-20(16)30-2/h3-12H,13H2,1-2H3/b22-11-. The van der Waals surface area contributed by atoms with E-state index in [4.69, 9.17) is 14.2 Å². The summed E-state index contributed by atoms with van der Waals surface area (Å²) in [6, 6.07) is 15.1. The molecule has 0 saturated carbocycles. The molecule has 3 aromatic rings. The Bertz CT molecular complexity index is 1250. The van der Waals surface area contributed by atoms with Gasteiger partial charge in [-0.05, 0) is 60.5 Å². The number of ketones is 1. The van der Waals surface area contributed by atoms with Gasteiger partial charge in [-0.25, -0.2) is 0 Å². The van der Waals surface area contributed by atoms with Crippen LogP contribution < -0.4 is 14.2 Å². The average molecular weight is 496 g/mol. The van der Waals surface area contributed by atoms with Gasteiger partial charge in [0.15, 0.2) is 5.76 Å². The average Bonchev–Trinajstić information content (AvgIpc) is 3.08. The maximum atomic E-state index is 12.9. The molecule has 0 bridgehead atoms. The monoisotopic (exact) mass is 495 g/mol. The van der Waals surface area contributed by atoms with Crippen molar-refractivity contribution >= 4 is 33.5 Å². The van der Waals surface area contributed by atoms with Crippen LogP contribution in [-0.4, -0.2) is 17.8 Å². The number of hydrogen-bond acceptors (Lipinski definition) is 6. The van der Waals surface area contributed by atoms with Gasteiger partial charge in [-0.2, -0.15) is 0 Å². The van der Waals surface area contributed by atoms with E-state index in [0.717, 1.165) is 15.6 Å². The number of Topliss-reactive ketones (excluding diaryl/α,β-unsaturated/α-hetero) is 1. The van der Waals surface area contributed by atoms with Crippen LogP contribution >= 0.6 is 15.9 Å². The van der Waals surface area contributed by atoms with Gasteiger partial charge >= 0.3 is 0 Å². The predicted molar refractivity (Wildman–Crippen MR) is 122 cm³/mol. The number of allylic oxidation sites excluding steroid dienone is 1. The molecule has 0 unspecified atom stereocenters. The number of nitro groups is 1. The fourth-order valence-corrected chi connectivity index (χ4v) is 3.78. The zero-order valence-corrected chi connectivity index (χ0v) is 18.8. The van der Waals surface area contributed by atoms with E-state index in [9.17, 15) is 14.9 Å². The Morgan fingerprint density at radius 2 is 1.88 bits per heavy atom. The number of halogens is 1. The van der Waals surface area contributed by atoms with E-state index in [1.54, 1.807) is 43.5 Å². The van der Waals surface area contributed by atoms with Crippen molar-refractivity contribution in [2.45, 2.75) is 13.5 Å². The summed E-state index contributed by atoms with van der Waals surface area (Å²) in [5.74, 6) is 1.58. The second kappa shape index (κ2) is 8.84. The smallest absolute Gasteiger partial charge is 0.269 e. The largest absolute Gasteiger partial charge is 0.496 e. The maximum absolute atomic E-state index is 12.9. The summed E-state index contributed by atoms with van der Waals surface area (Å²) in [4.78, 5) is 23.3. The number of nitro benzene ring substituents is 1. The van der Waals surface area contributed by atoms with Gasteiger partial charge in [-0.1, -0.05) is 15.9 Å². The third kappa shape index (κ3) is 4.36. The Balaban J connectivity index is 1.55. The molecule has 0 atom stereocenters. The van der Waals surface area contributed by atoms with E-state index in [-0.39, 0.29) is 23.8 Å². The van der Waals surface area contributed by atoms with Crippen LogP contribution in [0.2, 0.25) is 0 Å². The highest BCUT2D eigenvalue weighted by atomic mass is 79.9. The van der Waals surface area contributed by atoms with Gasteiger partial charge in [-0.3, -0.25) is 14.9 Å². The first kappa shape index (κ1) is 21.6. The van der Waals surface area contributed by atoms with Gasteiger partial charge < -0.3 is 14.2 Å². The molecule has 1 aliphatic rings. The molecule has 0 spiro atoms. The Morgan fingerprint density at radius 1 is 1.12 bits per heavy atom. The first-order valence-corrected chi connectivity index (χ1v) is 10.4. The number of carbonyl (C=O) groups is 1. The van der Waals surface area contributed by atoms with Crippen LogP contribution in [0.1, 0.15) is 27.0 Å². The van der Waals surface area contributed by atoms with Gasteiger partial charge in [0.2, 0.25) is 5.78 Å². The van der Waals surface area contributed by atoms with Crippen LogP contribution in [0.5, 0.6) is 17.2 Å². The molecule has 0 aromatic heterocycles. The van der Waals surface area contributed by atoms with Crippen molar-refractivity contribution in [1.82, 2.24) is 0 Å². The number of fused-ring (bicyclic) bond motifs is 1. The van der Waals surface area contributed by atoms with E-state index >= 15 is 0 Å². The molecule has 32 heavy (non-hydrogen) atoms. The third-order valence-corrected chi connectivity index (χ3v) is 5.47. The fourth-order valence-electron chi connectivity index (χ4n) is 3.40. The van der Waals surface area contributed by atoms with Crippen molar-refractivity contribution in [3.63, 3.8) is 0 Å². The van der Waals surface area contributed by atoms with Gasteiger partial charge in [0.25, 0.3) is 5.69 Å². The number of hydrogen-bond donors (Lipinski definition) is 0. The van der Waals surface area contributed by atoms with Crippen LogP contribution in [0, 0.1) is 17.0 Å². The highest BCUT2D eigenvalue weighted by Crippen LogP contribution is 2.38. The van der Waals surface area contributed by atoms with E-state index in [1.165, 1.54) is 12.1 Å². The Hall–Kier alpha value is -3.65. The van der Waals surface area contributed by atoms with Crippen LogP contribution in [-0.2, 0) is 6.61 Å². The van der Waals surface area contributed by atoms with Gasteiger partial charge in [-0.15, -0.1) is 0 Å². The first-order valence-electron chi connectivity index (χ1n) is 9.64. The number of benzene rings is 3. The van der Waals surface area contributed by atoms with Crippen LogP contribution in [0.4, 0.5) is 5.69 Å². The summed E-state index contributed by atoms with van der Waals surface area (Å²) in [5.41, 5.74) is 2.75. The van der Waals surface area contributed by atoms with Gasteiger partial charge in [0.05, 0.1) is 17.6 Å². The molecule has 4 rings (SSSR count). The number of rotatable bonds is 6. The number of methoxy groups -OCH3 is 1. The minimum atomic E-state index is -0.447. The minimum absolute atomic E-state index is 0.0235. The van der Waals surface area contributed by atoms with E-state index in [0.29, 0.717) is 28.4 Å². The molecular weight excluding hydrogens is 478 g/mol. The quantitative estimate of drug-likeness (QED) is 0.241. The van der Waals surface area contributed by atoms with Crippen molar-refractivity contribution in [2.75, 3.05) is 7.11 Å². The number of carbonyl (C=O) groups excluding carboxylic acids is 1. The number of ether oxygens (including phenoxy) is 3. The lowest BCUT2D eigenvalue weighted by Crippen LogP contribution is -2.00. The fraction of sp³-hybridized carbons (Fsp3) is 0.125. The first-order chi connectivity index (χ1) is 15.4. The lowest BCUT2D eigenvalue weighted by atomic mass is 10.0. The molecule has 1 aliphatic heterocycles. The summed E-state index contributed by atoms with van der Waals surface area (Å²) in [5, 5.41) is 10.8. The third-order valence-electron chi connectivity index (χ3n) is 4.97. The van der Waals surface area contributed by atoms with Crippen LogP contribution in [0.25, 0.3) is 6.08 Å².